The van der Waals surface area contributed by atoms with Crippen LogP contribution in [-0.2, 0) is 21.0 Å². The van der Waals surface area contributed by atoms with E-state index in [-0.39, 0.29) is 21.3 Å². The van der Waals surface area contributed by atoms with Crippen LogP contribution < -0.4 is 9.62 Å². The van der Waals surface area contributed by atoms with Gasteiger partial charge in [-0.25, -0.2) is 8.42 Å². The molecule has 0 spiro atoms. The van der Waals surface area contributed by atoms with Crippen molar-refractivity contribution in [1.29, 1.82) is 0 Å². The lowest BCUT2D eigenvalue weighted by Gasteiger charge is -2.25. The first-order chi connectivity index (χ1) is 14.6. The molecule has 1 N–H and O–H groups in total. The van der Waals surface area contributed by atoms with Gasteiger partial charge in [0.2, 0.25) is 5.91 Å². The van der Waals surface area contributed by atoms with Crippen molar-refractivity contribution < 1.29 is 26.4 Å². The third-order valence-electron chi connectivity index (χ3n) is 4.23. The number of benzene rings is 3. The second kappa shape index (κ2) is 8.99. The first-order valence-corrected chi connectivity index (χ1v) is 10.7. The van der Waals surface area contributed by atoms with Gasteiger partial charge in [-0.2, -0.15) is 13.2 Å². The topological polar surface area (TPSA) is 66.5 Å². The van der Waals surface area contributed by atoms with Gasteiger partial charge in [0.15, 0.2) is 0 Å². The Morgan fingerprint density at radius 1 is 0.935 bits per heavy atom. The highest BCUT2D eigenvalue weighted by atomic mass is 35.5. The predicted molar refractivity (Wildman–Crippen MR) is 112 cm³/mol. The smallest absolute Gasteiger partial charge is 0.323 e. The number of hydrogen-bond acceptors (Lipinski definition) is 3. The maximum absolute atomic E-state index is 13.2. The van der Waals surface area contributed by atoms with Crippen molar-refractivity contribution in [3.05, 3.63) is 89.4 Å². The lowest BCUT2D eigenvalue weighted by molar-refractivity contribution is -0.137. The Bertz CT molecular complexity index is 1190. The number of halogens is 4. The average Bonchev–Trinajstić information content (AvgIpc) is 2.74. The predicted octanol–water partition coefficient (Wildman–Crippen LogP) is 5.19. The number of sulfonamides is 1. The van der Waals surface area contributed by atoms with Gasteiger partial charge >= 0.3 is 6.18 Å². The van der Waals surface area contributed by atoms with Crippen molar-refractivity contribution in [3.63, 3.8) is 0 Å². The number of alkyl halides is 3. The van der Waals surface area contributed by atoms with E-state index < -0.39 is 34.2 Å². The van der Waals surface area contributed by atoms with E-state index in [2.05, 4.69) is 5.32 Å². The van der Waals surface area contributed by atoms with Crippen LogP contribution in [0.5, 0.6) is 0 Å². The van der Waals surface area contributed by atoms with Crippen LogP contribution in [0.3, 0.4) is 0 Å². The van der Waals surface area contributed by atoms with Gasteiger partial charge in [0.1, 0.15) is 6.54 Å². The van der Waals surface area contributed by atoms with Gasteiger partial charge in [-0.1, -0.05) is 48.0 Å². The second-order valence-electron chi connectivity index (χ2n) is 6.40. The zero-order chi connectivity index (χ0) is 22.6. The maximum Gasteiger partial charge on any atom is 0.416 e. The lowest BCUT2D eigenvalue weighted by atomic mass is 10.2. The van der Waals surface area contributed by atoms with Gasteiger partial charge in [-0.05, 0) is 42.5 Å². The maximum atomic E-state index is 13.2. The van der Waals surface area contributed by atoms with Crippen LogP contribution in [0.4, 0.5) is 24.5 Å². The summed E-state index contributed by atoms with van der Waals surface area (Å²) in [4.78, 5) is 12.4. The molecule has 0 aliphatic carbocycles. The molecule has 3 aromatic rings. The fourth-order valence-corrected chi connectivity index (χ4v) is 4.37. The molecule has 162 valence electrons. The van der Waals surface area contributed by atoms with E-state index in [0.29, 0.717) is 10.4 Å². The summed E-state index contributed by atoms with van der Waals surface area (Å²) < 4.78 is 66.6. The minimum absolute atomic E-state index is 0.169. The fourth-order valence-electron chi connectivity index (χ4n) is 2.75. The van der Waals surface area contributed by atoms with Crippen LogP contribution in [0.25, 0.3) is 0 Å². The Morgan fingerprint density at radius 3 is 2.23 bits per heavy atom. The van der Waals surface area contributed by atoms with Crippen LogP contribution in [0, 0.1) is 0 Å². The summed E-state index contributed by atoms with van der Waals surface area (Å²) in [6.45, 7) is -0.760. The fraction of sp³-hybridized carbons (Fsp3) is 0.0952. The molecule has 3 rings (SSSR count). The molecular weight excluding hydrogens is 453 g/mol. The van der Waals surface area contributed by atoms with Crippen LogP contribution in [0.2, 0.25) is 5.02 Å². The summed E-state index contributed by atoms with van der Waals surface area (Å²) in [6, 6.07) is 17.2. The van der Waals surface area contributed by atoms with E-state index in [4.69, 9.17) is 11.6 Å². The molecule has 0 aromatic heterocycles. The molecule has 0 aliphatic heterocycles. The Kier molecular flexibility index (Phi) is 6.56. The van der Waals surface area contributed by atoms with Crippen molar-refractivity contribution in [3.8, 4) is 0 Å². The van der Waals surface area contributed by atoms with Crippen LogP contribution >= 0.6 is 11.6 Å². The number of carbonyl (C=O) groups excluding carboxylic acids is 1. The van der Waals surface area contributed by atoms with Crippen molar-refractivity contribution >= 4 is 38.9 Å². The van der Waals surface area contributed by atoms with Crippen molar-refractivity contribution in [1.82, 2.24) is 0 Å². The number of nitrogens with zero attached hydrogens (tertiary/aromatic N) is 1. The highest BCUT2D eigenvalue weighted by molar-refractivity contribution is 7.92. The molecule has 1 amide bonds. The number of rotatable bonds is 6. The molecule has 10 heteroatoms. The molecule has 0 saturated carbocycles. The van der Waals surface area contributed by atoms with Gasteiger partial charge in [-0.3, -0.25) is 9.10 Å². The minimum Gasteiger partial charge on any atom is -0.323 e. The standard InChI is InChI=1S/C21H16ClF3N2O3S/c22-18-11-4-5-12-19(18)26-20(28)14-27(31(29,30)17-9-2-1-3-10-17)16-8-6-7-15(13-16)21(23,24)25/h1-13H,14H2,(H,26,28). The largest absolute Gasteiger partial charge is 0.416 e. The van der Waals surface area contributed by atoms with Gasteiger partial charge in [0.25, 0.3) is 10.0 Å². The second-order valence-corrected chi connectivity index (χ2v) is 8.67. The van der Waals surface area contributed by atoms with Crippen molar-refractivity contribution in [2.45, 2.75) is 11.1 Å². The quantitative estimate of drug-likeness (QED) is 0.541. The number of hydrogen-bond donors (Lipinski definition) is 1. The van der Waals surface area contributed by atoms with Crippen molar-refractivity contribution in [2.24, 2.45) is 0 Å². The monoisotopic (exact) mass is 468 g/mol. The first kappa shape index (κ1) is 22.6. The zero-order valence-corrected chi connectivity index (χ0v) is 17.4. The van der Waals surface area contributed by atoms with E-state index in [1.165, 1.54) is 42.5 Å². The molecule has 0 bridgehead atoms. The van der Waals surface area contributed by atoms with E-state index in [1.54, 1.807) is 18.2 Å². The molecule has 0 saturated heterocycles. The van der Waals surface area contributed by atoms with E-state index >= 15 is 0 Å². The Hall–Kier alpha value is -3.04. The van der Waals surface area contributed by atoms with E-state index in [0.717, 1.165) is 12.1 Å². The number of para-hydroxylation sites is 1. The molecule has 3 aromatic carbocycles. The summed E-state index contributed by atoms with van der Waals surface area (Å²) in [5.74, 6) is -0.773. The van der Waals surface area contributed by atoms with Crippen molar-refractivity contribution in [2.75, 3.05) is 16.2 Å². The molecule has 0 aliphatic rings. The number of carbonyl (C=O) groups is 1. The third kappa shape index (κ3) is 5.36. The lowest BCUT2D eigenvalue weighted by Crippen LogP contribution is -2.38. The molecule has 0 atom stereocenters. The molecule has 5 nitrogen and oxygen atoms in total. The molecule has 0 heterocycles. The number of amides is 1. The first-order valence-electron chi connectivity index (χ1n) is 8.88. The van der Waals surface area contributed by atoms with Gasteiger partial charge < -0.3 is 5.32 Å². The molecule has 0 radical (unpaired) electrons. The SMILES string of the molecule is O=C(CN(c1cccc(C(F)(F)F)c1)S(=O)(=O)c1ccccc1)Nc1ccccc1Cl. The molecule has 31 heavy (non-hydrogen) atoms. The van der Waals surface area contributed by atoms with Crippen LogP contribution in [-0.4, -0.2) is 20.9 Å². The normalized spacial score (nSPS) is 11.7. The Morgan fingerprint density at radius 2 is 1.58 bits per heavy atom. The van der Waals surface area contributed by atoms with Gasteiger partial charge in [0.05, 0.1) is 26.9 Å². The average molecular weight is 469 g/mol. The van der Waals surface area contributed by atoms with Crippen LogP contribution in [0.15, 0.2) is 83.8 Å². The molecule has 0 unspecified atom stereocenters. The van der Waals surface area contributed by atoms with Gasteiger partial charge in [0, 0.05) is 0 Å². The number of nitrogens with one attached hydrogen (secondary N) is 1. The summed E-state index contributed by atoms with van der Waals surface area (Å²) >= 11 is 6.01. The Balaban J connectivity index is 2.01. The van der Waals surface area contributed by atoms with Crippen LogP contribution in [0.1, 0.15) is 5.56 Å². The third-order valence-corrected chi connectivity index (χ3v) is 6.35. The highest BCUT2D eigenvalue weighted by Crippen LogP contribution is 2.33. The minimum atomic E-state index is -4.68. The summed E-state index contributed by atoms with van der Waals surface area (Å²) in [7, 11) is -4.34. The zero-order valence-electron chi connectivity index (χ0n) is 15.8. The highest BCUT2D eigenvalue weighted by Gasteiger charge is 2.33. The Labute approximate surface area is 182 Å². The summed E-state index contributed by atoms with van der Waals surface area (Å²) in [5, 5.41) is 2.71. The van der Waals surface area contributed by atoms with E-state index in [1.807, 2.05) is 0 Å². The van der Waals surface area contributed by atoms with Gasteiger partial charge in [-0.15, -0.1) is 0 Å². The summed E-state index contributed by atoms with van der Waals surface area (Å²) in [5.41, 5.74) is -1.09. The molecular formula is C21H16ClF3N2O3S. The molecule has 0 fully saturated rings. The van der Waals surface area contributed by atoms with E-state index in [9.17, 15) is 26.4 Å². The summed E-state index contributed by atoms with van der Waals surface area (Å²) in [6.07, 6.45) is -4.68. The number of anilines is 2.